The monoisotopic (exact) mass is 480 g/mol. The Morgan fingerprint density at radius 3 is 2.44 bits per heavy atom. The van der Waals surface area contributed by atoms with Gasteiger partial charge in [-0.15, -0.1) is 0 Å². The number of amides is 2. The Kier molecular flexibility index (Phi) is 7.31. The van der Waals surface area contributed by atoms with Gasteiger partial charge in [0.25, 0.3) is 11.8 Å². The van der Waals surface area contributed by atoms with E-state index in [1.807, 2.05) is 0 Å². The highest BCUT2D eigenvalue weighted by atomic mass is 32.2. The molecule has 0 aliphatic carbocycles. The highest BCUT2D eigenvalue weighted by Gasteiger charge is 2.30. The van der Waals surface area contributed by atoms with Crippen molar-refractivity contribution >= 4 is 27.5 Å². The Morgan fingerprint density at radius 1 is 0.941 bits per heavy atom. The molecule has 1 aliphatic heterocycles. The average Bonchev–Trinajstić information content (AvgIpc) is 2.88. The largest absolute Gasteiger partial charge is 0.379 e. The quantitative estimate of drug-likeness (QED) is 0.536. The Bertz CT molecular complexity index is 1280. The van der Waals surface area contributed by atoms with E-state index in [-0.39, 0.29) is 36.0 Å². The zero-order chi connectivity index (χ0) is 24.0. The first-order chi connectivity index (χ1) is 16.4. The van der Waals surface area contributed by atoms with E-state index in [0.717, 1.165) is 5.56 Å². The molecule has 0 bridgehead atoms. The van der Waals surface area contributed by atoms with Crippen LogP contribution in [0.5, 0.6) is 0 Å². The Morgan fingerprint density at radius 2 is 1.68 bits per heavy atom. The second-order valence-electron chi connectivity index (χ2n) is 7.59. The number of carbonyl (C=O) groups is 2. The maximum Gasteiger partial charge on any atom is 0.255 e. The van der Waals surface area contributed by atoms with Gasteiger partial charge in [-0.2, -0.15) is 4.31 Å². The molecule has 0 unspecified atom stereocenters. The smallest absolute Gasteiger partial charge is 0.255 e. The van der Waals surface area contributed by atoms with E-state index in [4.69, 9.17) is 4.74 Å². The molecule has 9 nitrogen and oxygen atoms in total. The molecule has 4 rings (SSSR count). The SMILES string of the molecule is O=C(Nc1cccc(CNC(=O)c2ccccc2S(=O)(=O)N2CCOCC2)c1)c1ccncc1. The van der Waals surface area contributed by atoms with Gasteiger partial charge in [-0.05, 0) is 42.0 Å². The third kappa shape index (κ3) is 5.48. The van der Waals surface area contributed by atoms with Crippen molar-refractivity contribution in [2.45, 2.75) is 11.4 Å². The van der Waals surface area contributed by atoms with Crippen molar-refractivity contribution in [3.63, 3.8) is 0 Å². The topological polar surface area (TPSA) is 118 Å². The molecule has 2 aromatic carbocycles. The second kappa shape index (κ2) is 10.6. The number of nitrogens with zero attached hydrogens (tertiary/aromatic N) is 2. The minimum atomic E-state index is -3.83. The van der Waals surface area contributed by atoms with E-state index < -0.39 is 15.9 Å². The number of ether oxygens (including phenoxy) is 1. The van der Waals surface area contributed by atoms with E-state index in [0.29, 0.717) is 24.5 Å². The van der Waals surface area contributed by atoms with Gasteiger partial charge in [0, 0.05) is 43.3 Å². The lowest BCUT2D eigenvalue weighted by Crippen LogP contribution is -2.41. The molecule has 1 aromatic heterocycles. The molecule has 1 saturated heterocycles. The third-order valence-corrected chi connectivity index (χ3v) is 7.26. The van der Waals surface area contributed by atoms with Crippen molar-refractivity contribution < 1.29 is 22.7 Å². The highest BCUT2D eigenvalue weighted by Crippen LogP contribution is 2.21. The van der Waals surface area contributed by atoms with E-state index in [9.17, 15) is 18.0 Å². The van der Waals surface area contributed by atoms with Crippen LogP contribution < -0.4 is 10.6 Å². The molecule has 3 aromatic rings. The van der Waals surface area contributed by atoms with Crippen LogP contribution in [-0.4, -0.2) is 55.8 Å². The zero-order valence-electron chi connectivity index (χ0n) is 18.3. The molecule has 0 saturated carbocycles. The molecule has 2 N–H and O–H groups in total. The number of carbonyl (C=O) groups excluding carboxylic acids is 2. The van der Waals surface area contributed by atoms with Crippen molar-refractivity contribution in [1.82, 2.24) is 14.6 Å². The number of morpholine rings is 1. The number of hydrogen-bond acceptors (Lipinski definition) is 6. The summed E-state index contributed by atoms with van der Waals surface area (Å²) in [5.41, 5.74) is 1.88. The predicted octanol–water partition coefficient (Wildman–Crippen LogP) is 2.28. The lowest BCUT2D eigenvalue weighted by Gasteiger charge is -2.26. The number of aromatic nitrogens is 1. The normalized spacial score (nSPS) is 14.4. The number of benzene rings is 2. The van der Waals surface area contributed by atoms with E-state index in [1.54, 1.807) is 48.5 Å². The standard InChI is InChI=1S/C24H24N4O5S/c29-23(19-8-10-25-11-9-19)27-20-5-3-4-18(16-20)17-26-24(30)21-6-1-2-7-22(21)34(31,32)28-12-14-33-15-13-28/h1-11,16H,12-15,17H2,(H,26,30)(H,27,29). The van der Waals surface area contributed by atoms with Gasteiger partial charge < -0.3 is 15.4 Å². The van der Waals surface area contributed by atoms with Crippen molar-refractivity contribution in [3.05, 3.63) is 89.7 Å². The first kappa shape index (κ1) is 23.6. The number of rotatable bonds is 7. The maximum atomic E-state index is 13.1. The van der Waals surface area contributed by atoms with Crippen LogP contribution in [0, 0.1) is 0 Å². The highest BCUT2D eigenvalue weighted by molar-refractivity contribution is 7.89. The summed E-state index contributed by atoms with van der Waals surface area (Å²) in [7, 11) is -3.83. The van der Waals surface area contributed by atoms with E-state index in [2.05, 4.69) is 15.6 Å². The summed E-state index contributed by atoms with van der Waals surface area (Å²) < 4.78 is 32.8. The average molecular weight is 481 g/mol. The molecule has 0 radical (unpaired) electrons. The van der Waals surface area contributed by atoms with Crippen LogP contribution in [0.4, 0.5) is 5.69 Å². The molecule has 2 heterocycles. The van der Waals surface area contributed by atoms with Crippen molar-refractivity contribution in [2.24, 2.45) is 0 Å². The first-order valence-corrected chi connectivity index (χ1v) is 12.1. The van der Waals surface area contributed by atoms with E-state index in [1.165, 1.54) is 28.8 Å². The maximum absolute atomic E-state index is 13.1. The fourth-order valence-corrected chi connectivity index (χ4v) is 5.15. The minimum absolute atomic E-state index is 0.0345. The lowest BCUT2D eigenvalue weighted by atomic mass is 10.1. The van der Waals surface area contributed by atoms with Gasteiger partial charge in [0.15, 0.2) is 0 Å². The van der Waals surface area contributed by atoms with Gasteiger partial charge in [-0.3, -0.25) is 14.6 Å². The summed E-state index contributed by atoms with van der Waals surface area (Å²) in [4.78, 5) is 29.1. The number of hydrogen-bond donors (Lipinski definition) is 2. The van der Waals surface area contributed by atoms with Gasteiger partial charge in [0.1, 0.15) is 0 Å². The lowest BCUT2D eigenvalue weighted by molar-refractivity contribution is 0.0729. The van der Waals surface area contributed by atoms with Gasteiger partial charge in [-0.25, -0.2) is 8.42 Å². The van der Waals surface area contributed by atoms with Gasteiger partial charge in [0.2, 0.25) is 10.0 Å². The Hall–Kier alpha value is -3.60. The summed E-state index contributed by atoms with van der Waals surface area (Å²) in [6.45, 7) is 1.29. The number of nitrogens with one attached hydrogen (secondary N) is 2. The summed E-state index contributed by atoms with van der Waals surface area (Å²) in [6, 6.07) is 16.4. The molecular formula is C24H24N4O5S. The predicted molar refractivity (Wildman–Crippen MR) is 126 cm³/mol. The van der Waals surface area contributed by atoms with Crippen LogP contribution in [-0.2, 0) is 21.3 Å². The van der Waals surface area contributed by atoms with Crippen molar-refractivity contribution in [2.75, 3.05) is 31.6 Å². The fraction of sp³-hybridized carbons (Fsp3) is 0.208. The number of anilines is 1. The van der Waals surface area contributed by atoms with Gasteiger partial charge in [0.05, 0.1) is 23.7 Å². The number of pyridine rings is 1. The molecule has 0 spiro atoms. The summed E-state index contributed by atoms with van der Waals surface area (Å²) in [5.74, 6) is -0.774. The Balaban J connectivity index is 1.45. The van der Waals surface area contributed by atoms with Crippen LogP contribution in [0.15, 0.2) is 78.0 Å². The third-order valence-electron chi connectivity index (χ3n) is 5.30. The van der Waals surface area contributed by atoms with Gasteiger partial charge in [-0.1, -0.05) is 24.3 Å². The molecule has 1 aliphatic rings. The zero-order valence-corrected chi connectivity index (χ0v) is 19.1. The molecule has 1 fully saturated rings. The van der Waals surface area contributed by atoms with Crippen molar-refractivity contribution in [3.8, 4) is 0 Å². The summed E-state index contributed by atoms with van der Waals surface area (Å²) >= 11 is 0. The second-order valence-corrected chi connectivity index (χ2v) is 9.49. The molecule has 2 amide bonds. The minimum Gasteiger partial charge on any atom is -0.379 e. The molecule has 10 heteroatoms. The van der Waals surface area contributed by atoms with Crippen LogP contribution in [0.1, 0.15) is 26.3 Å². The molecule has 34 heavy (non-hydrogen) atoms. The van der Waals surface area contributed by atoms with Gasteiger partial charge >= 0.3 is 0 Å². The Labute approximate surface area is 197 Å². The van der Waals surface area contributed by atoms with Crippen LogP contribution >= 0.6 is 0 Å². The summed E-state index contributed by atoms with van der Waals surface area (Å²) in [5, 5.41) is 5.58. The first-order valence-electron chi connectivity index (χ1n) is 10.7. The molecule has 0 atom stereocenters. The number of sulfonamides is 1. The van der Waals surface area contributed by atoms with E-state index >= 15 is 0 Å². The van der Waals surface area contributed by atoms with Crippen LogP contribution in [0.25, 0.3) is 0 Å². The van der Waals surface area contributed by atoms with Crippen LogP contribution in [0.3, 0.4) is 0 Å². The van der Waals surface area contributed by atoms with Crippen LogP contribution in [0.2, 0.25) is 0 Å². The fourth-order valence-electron chi connectivity index (χ4n) is 3.55. The molecular weight excluding hydrogens is 456 g/mol. The summed E-state index contributed by atoms with van der Waals surface area (Å²) in [6.07, 6.45) is 3.08. The molecule has 176 valence electrons. The van der Waals surface area contributed by atoms with Crippen molar-refractivity contribution in [1.29, 1.82) is 0 Å².